The maximum atomic E-state index is 11.8. The third-order valence-electron chi connectivity index (χ3n) is 3.80. The largest absolute Gasteiger partial charge is 0.460 e. The normalized spacial score (nSPS) is 17.8. The van der Waals surface area contributed by atoms with Crippen molar-refractivity contribution >= 4 is 5.97 Å². The van der Waals surface area contributed by atoms with Crippen molar-refractivity contribution < 1.29 is 14.3 Å². The number of terminal acetylenes is 1. The van der Waals surface area contributed by atoms with Crippen molar-refractivity contribution in [2.45, 2.75) is 19.1 Å². The van der Waals surface area contributed by atoms with E-state index in [-0.39, 0.29) is 18.6 Å². The molecule has 2 rings (SSSR count). The molecule has 0 spiro atoms. The van der Waals surface area contributed by atoms with Crippen LogP contribution in [0.15, 0.2) is 30.3 Å². The number of hydrogen-bond donors (Lipinski definition) is 0. The number of likely N-dealkylation sites (N-methyl/N-ethyl adjacent to an activating group) is 1. The molecule has 1 aliphatic rings. The fraction of sp³-hybridized carbons (Fsp3) is 0.500. The molecule has 0 aromatic heterocycles. The van der Waals surface area contributed by atoms with E-state index in [0.29, 0.717) is 13.2 Å². The number of esters is 1. The number of hydrogen-bond acceptors (Lipinski definition) is 5. The molecule has 23 heavy (non-hydrogen) atoms. The van der Waals surface area contributed by atoms with Crippen LogP contribution in [0.3, 0.4) is 0 Å². The summed E-state index contributed by atoms with van der Waals surface area (Å²) in [4.78, 5) is 15.7. The molecule has 0 aliphatic carbocycles. The number of rotatable bonds is 7. The van der Waals surface area contributed by atoms with E-state index in [1.54, 1.807) is 0 Å². The lowest BCUT2D eigenvalue weighted by Crippen LogP contribution is -2.41. The third kappa shape index (κ3) is 6.31. The zero-order chi connectivity index (χ0) is 16.5. The van der Waals surface area contributed by atoms with E-state index >= 15 is 0 Å². The summed E-state index contributed by atoms with van der Waals surface area (Å²) in [6, 6.07) is 12.3. The van der Waals surface area contributed by atoms with Crippen molar-refractivity contribution in [3.8, 4) is 12.5 Å². The molecule has 0 saturated carbocycles. The highest BCUT2D eigenvalue weighted by molar-refractivity contribution is 5.71. The average molecular weight is 316 g/mol. The molecule has 0 N–H and O–H groups in total. The molecular formula is C18H24N2O3. The second-order valence-electron chi connectivity index (χ2n) is 5.74. The van der Waals surface area contributed by atoms with E-state index in [1.165, 1.54) is 0 Å². The second-order valence-corrected chi connectivity index (χ2v) is 5.74. The van der Waals surface area contributed by atoms with Crippen LogP contribution in [-0.2, 0) is 20.9 Å². The average Bonchev–Trinajstić information content (AvgIpc) is 2.59. The van der Waals surface area contributed by atoms with Crippen LogP contribution in [0.4, 0.5) is 0 Å². The number of benzene rings is 1. The smallest absolute Gasteiger partial charge is 0.320 e. The van der Waals surface area contributed by atoms with Gasteiger partial charge in [0.25, 0.3) is 0 Å². The zero-order valence-corrected chi connectivity index (χ0v) is 13.6. The molecule has 1 aliphatic heterocycles. The molecule has 0 radical (unpaired) electrons. The maximum absolute atomic E-state index is 11.8. The number of morpholine rings is 1. The van der Waals surface area contributed by atoms with Crippen molar-refractivity contribution in [3.05, 3.63) is 35.9 Å². The summed E-state index contributed by atoms with van der Waals surface area (Å²) >= 11 is 0. The molecule has 124 valence electrons. The first-order valence-corrected chi connectivity index (χ1v) is 7.88. The van der Waals surface area contributed by atoms with Gasteiger partial charge in [-0.2, -0.15) is 0 Å². The topological polar surface area (TPSA) is 42.0 Å². The van der Waals surface area contributed by atoms with Gasteiger partial charge in [-0.05, 0) is 19.0 Å². The van der Waals surface area contributed by atoms with Gasteiger partial charge in [0, 0.05) is 19.1 Å². The summed E-state index contributed by atoms with van der Waals surface area (Å²) < 4.78 is 11.0. The van der Waals surface area contributed by atoms with Crippen LogP contribution in [0.2, 0.25) is 0 Å². The fourth-order valence-electron chi connectivity index (χ4n) is 2.46. The zero-order valence-electron chi connectivity index (χ0n) is 13.6. The van der Waals surface area contributed by atoms with E-state index in [2.05, 4.69) is 6.04 Å². The molecular weight excluding hydrogens is 292 g/mol. The first kappa shape index (κ1) is 17.3. The Hall–Kier alpha value is -2.03. The molecule has 1 heterocycles. The van der Waals surface area contributed by atoms with E-state index in [9.17, 15) is 4.79 Å². The van der Waals surface area contributed by atoms with Crippen molar-refractivity contribution in [1.82, 2.24) is 9.80 Å². The van der Waals surface area contributed by atoms with E-state index < -0.39 is 0 Å². The third-order valence-corrected chi connectivity index (χ3v) is 3.80. The fourth-order valence-corrected chi connectivity index (χ4v) is 2.46. The van der Waals surface area contributed by atoms with Gasteiger partial charge in [0.15, 0.2) is 0 Å². The first-order valence-electron chi connectivity index (χ1n) is 7.88. The minimum atomic E-state index is -0.217. The number of nitrogens with zero attached hydrogens (tertiary/aromatic N) is 2. The molecule has 1 aromatic carbocycles. The van der Waals surface area contributed by atoms with Crippen LogP contribution in [0.25, 0.3) is 0 Å². The summed E-state index contributed by atoms with van der Waals surface area (Å²) in [6.45, 7) is 3.56. The highest BCUT2D eigenvalue weighted by atomic mass is 16.5. The van der Waals surface area contributed by atoms with Gasteiger partial charge in [0.2, 0.25) is 0 Å². The van der Waals surface area contributed by atoms with E-state index in [0.717, 1.165) is 31.6 Å². The number of carbonyl (C=O) groups excluding carboxylic acids is 1. The Bertz CT molecular complexity index is 527. The molecule has 5 heteroatoms. The SMILES string of the molecule is C#CN1CCO[C@H](CCN(C)CC(=O)OCc2ccccc2)C1. The van der Waals surface area contributed by atoms with Crippen LogP contribution in [-0.4, -0.2) is 61.7 Å². The van der Waals surface area contributed by atoms with Gasteiger partial charge in [0.1, 0.15) is 6.61 Å². The molecule has 0 unspecified atom stereocenters. The van der Waals surface area contributed by atoms with Crippen LogP contribution in [0.5, 0.6) is 0 Å². The predicted molar refractivity (Wildman–Crippen MR) is 88.5 cm³/mol. The first-order chi connectivity index (χ1) is 11.2. The van der Waals surface area contributed by atoms with Crippen LogP contribution in [0.1, 0.15) is 12.0 Å². The Kier molecular flexibility index (Phi) is 6.92. The van der Waals surface area contributed by atoms with Gasteiger partial charge in [0.05, 0.1) is 25.8 Å². The lowest BCUT2D eigenvalue weighted by Gasteiger charge is -2.31. The Morgan fingerprint density at radius 2 is 2.26 bits per heavy atom. The van der Waals surface area contributed by atoms with Crippen molar-refractivity contribution in [2.75, 3.05) is 39.8 Å². The lowest BCUT2D eigenvalue weighted by atomic mass is 10.2. The van der Waals surface area contributed by atoms with Crippen molar-refractivity contribution in [3.63, 3.8) is 0 Å². The van der Waals surface area contributed by atoms with E-state index in [4.69, 9.17) is 15.9 Å². The Morgan fingerprint density at radius 1 is 1.48 bits per heavy atom. The molecule has 0 bridgehead atoms. The quantitative estimate of drug-likeness (QED) is 0.561. The standard InChI is InChI=1S/C18H24N2O3/c1-3-20-11-12-22-17(13-20)9-10-19(2)14-18(21)23-15-16-7-5-4-6-8-16/h1,4-8,17H,9-15H2,2H3/t17-/m1/s1. The van der Waals surface area contributed by atoms with Crippen molar-refractivity contribution in [2.24, 2.45) is 0 Å². The highest BCUT2D eigenvalue weighted by Gasteiger charge is 2.19. The number of carbonyl (C=O) groups is 1. The summed E-state index contributed by atoms with van der Waals surface area (Å²) in [5.41, 5.74) is 0.994. The van der Waals surface area contributed by atoms with Gasteiger partial charge >= 0.3 is 5.97 Å². The minimum Gasteiger partial charge on any atom is -0.460 e. The predicted octanol–water partition coefficient (Wildman–Crippen LogP) is 1.34. The van der Waals surface area contributed by atoms with Crippen molar-refractivity contribution in [1.29, 1.82) is 0 Å². The van der Waals surface area contributed by atoms with Crippen LogP contribution in [0, 0.1) is 12.5 Å². The molecule has 1 atom stereocenters. The minimum absolute atomic E-state index is 0.127. The Balaban J connectivity index is 1.63. The van der Waals surface area contributed by atoms with Gasteiger partial charge in [-0.1, -0.05) is 36.8 Å². The molecule has 5 nitrogen and oxygen atoms in total. The molecule has 1 aromatic rings. The van der Waals surface area contributed by atoms with Crippen LogP contribution < -0.4 is 0 Å². The molecule has 0 amide bonds. The Morgan fingerprint density at radius 3 is 3.00 bits per heavy atom. The monoisotopic (exact) mass is 316 g/mol. The van der Waals surface area contributed by atoms with Gasteiger partial charge < -0.3 is 14.4 Å². The summed E-state index contributed by atoms with van der Waals surface area (Å²) in [6.07, 6.45) is 6.39. The lowest BCUT2D eigenvalue weighted by molar-refractivity contribution is -0.146. The van der Waals surface area contributed by atoms with Crippen LogP contribution >= 0.6 is 0 Å². The Labute approximate surface area is 138 Å². The number of ether oxygens (including phenoxy) is 2. The summed E-state index contributed by atoms with van der Waals surface area (Å²) in [5, 5.41) is 0. The maximum Gasteiger partial charge on any atom is 0.320 e. The van der Waals surface area contributed by atoms with Gasteiger partial charge in [-0.25, -0.2) is 0 Å². The summed E-state index contributed by atoms with van der Waals surface area (Å²) in [7, 11) is 1.91. The highest BCUT2D eigenvalue weighted by Crippen LogP contribution is 2.08. The second kappa shape index (κ2) is 9.19. The van der Waals surface area contributed by atoms with Gasteiger partial charge in [-0.3, -0.25) is 9.69 Å². The summed E-state index contributed by atoms with van der Waals surface area (Å²) in [5.74, 6) is -0.217. The van der Waals surface area contributed by atoms with Gasteiger partial charge in [-0.15, -0.1) is 0 Å². The van der Waals surface area contributed by atoms with E-state index in [1.807, 2.05) is 47.2 Å². The molecule has 1 fully saturated rings. The molecule has 1 saturated heterocycles.